The highest BCUT2D eigenvalue weighted by molar-refractivity contribution is 6.79. The number of aromatic hydroxyl groups is 4. The van der Waals surface area contributed by atoms with Crippen molar-refractivity contribution in [3.8, 4) is 45.6 Å². The maximum absolute atomic E-state index is 15.6. The number of carbonyl (C=O) groups is 2. The second kappa shape index (κ2) is 25.3. The van der Waals surface area contributed by atoms with Crippen molar-refractivity contribution in [2.75, 3.05) is 6.61 Å². The summed E-state index contributed by atoms with van der Waals surface area (Å²) >= 11 is 0. The van der Waals surface area contributed by atoms with Gasteiger partial charge in [-0.25, -0.2) is 9.59 Å². The molecule has 4 aromatic rings. The normalized spacial score (nSPS) is 19.7. The van der Waals surface area contributed by atoms with E-state index in [-0.39, 0.29) is 74.2 Å². The molecule has 1 saturated heterocycles. The fourth-order valence-electron chi connectivity index (χ4n) is 13.6. The van der Waals surface area contributed by atoms with Crippen molar-refractivity contribution in [1.29, 1.82) is 0 Å². The van der Waals surface area contributed by atoms with Gasteiger partial charge < -0.3 is 57.4 Å². The molecule has 2 aliphatic rings. The van der Waals surface area contributed by atoms with Crippen LogP contribution in [0.4, 0.5) is 0 Å². The van der Waals surface area contributed by atoms with E-state index >= 15 is 9.59 Å². The van der Waals surface area contributed by atoms with Gasteiger partial charge in [-0.2, -0.15) is 0 Å². The van der Waals surface area contributed by atoms with Crippen molar-refractivity contribution in [3.63, 3.8) is 0 Å². The fraction of sp³-hybridized carbons (Fsp3) is 0.574. The van der Waals surface area contributed by atoms with E-state index in [0.717, 1.165) is 12.1 Å². The molecular weight excluding hydrogens is 1040 g/mol. The number of fused-ring (bicyclic) bond motifs is 6. The monoisotopic (exact) mass is 1130 g/mol. The predicted molar refractivity (Wildman–Crippen MR) is 312 cm³/mol. The Morgan fingerprint density at radius 1 is 0.474 bits per heavy atom. The van der Waals surface area contributed by atoms with Crippen molar-refractivity contribution < 1.29 is 67.0 Å². The molecule has 14 nitrogen and oxygen atoms in total. The standard InChI is InChI=1S/C61H90O14Si3/c1-34(2)76(35(3)4,36(5)6)73-55-49-33-70-59(66)46-30-48(62)54(68-31-43-25-21-19-22-26-43)53(65)50(46)45-29-47(52(64)56(51(45)63)69-32-44-27-23-20-24-28-44)60(67)72-61(71-49)58(75-78(40(13)14,41(15)16)42(17)18)57(55)74-77(37(7)8,38(9)10)39(11)12/h19-30,34-42,49,55,57-58,61-65H,31-33H2,1-18H3. The zero-order valence-electron chi connectivity index (χ0n) is 49.5. The van der Waals surface area contributed by atoms with Gasteiger partial charge in [0.15, 0.2) is 23.0 Å². The van der Waals surface area contributed by atoms with E-state index in [2.05, 4.69) is 125 Å². The molecule has 1 fully saturated rings. The Morgan fingerprint density at radius 2 is 0.872 bits per heavy atom. The van der Waals surface area contributed by atoms with E-state index in [1.807, 2.05) is 24.3 Å². The number of phenols is 4. The van der Waals surface area contributed by atoms with Gasteiger partial charge in [0.05, 0.1) is 5.56 Å². The molecule has 0 aliphatic carbocycles. The smallest absolute Gasteiger partial charge is 0.344 e. The Balaban J connectivity index is 1.72. The van der Waals surface area contributed by atoms with Gasteiger partial charge in [0.25, 0.3) is 0 Å². The van der Waals surface area contributed by atoms with Crippen LogP contribution < -0.4 is 9.47 Å². The molecular formula is C61H90O14Si3. The number of phenolic OH excluding ortho intramolecular Hbond substituents is 4. The molecule has 2 aliphatic heterocycles. The van der Waals surface area contributed by atoms with E-state index < -0.39 is 120 Å². The summed E-state index contributed by atoms with van der Waals surface area (Å²) in [6.07, 6.45) is -5.76. The number of hydrogen-bond acceptors (Lipinski definition) is 14. The van der Waals surface area contributed by atoms with Gasteiger partial charge in [0.1, 0.15) is 49.8 Å². The average molecular weight is 1130 g/mol. The van der Waals surface area contributed by atoms with Gasteiger partial charge in [0, 0.05) is 11.1 Å². The van der Waals surface area contributed by atoms with Crippen LogP contribution in [0.3, 0.4) is 0 Å². The van der Waals surface area contributed by atoms with Crippen LogP contribution in [0.2, 0.25) is 49.9 Å². The molecule has 78 heavy (non-hydrogen) atoms. The van der Waals surface area contributed by atoms with E-state index in [9.17, 15) is 20.4 Å². The summed E-state index contributed by atoms with van der Waals surface area (Å²) in [4.78, 5) is 30.8. The first-order chi connectivity index (χ1) is 36.6. The van der Waals surface area contributed by atoms with Crippen LogP contribution in [0.25, 0.3) is 11.1 Å². The third-order valence-corrected chi connectivity index (χ3v) is 35.2. The van der Waals surface area contributed by atoms with Crippen molar-refractivity contribution in [2.24, 2.45) is 0 Å². The lowest BCUT2D eigenvalue weighted by molar-refractivity contribution is -0.276. The van der Waals surface area contributed by atoms with Crippen molar-refractivity contribution in [1.82, 2.24) is 0 Å². The third-order valence-electron chi connectivity index (χ3n) is 17.0. The van der Waals surface area contributed by atoms with Crippen LogP contribution >= 0.6 is 0 Å². The Bertz CT molecular complexity index is 2610. The second-order valence-electron chi connectivity index (χ2n) is 24.3. The number of carbonyl (C=O) groups excluding carboxylic acids is 2. The van der Waals surface area contributed by atoms with Crippen molar-refractivity contribution in [3.05, 3.63) is 95.1 Å². The van der Waals surface area contributed by atoms with Gasteiger partial charge in [-0.05, 0) is 73.1 Å². The van der Waals surface area contributed by atoms with Crippen LogP contribution in [0, 0.1) is 0 Å². The summed E-state index contributed by atoms with van der Waals surface area (Å²) in [7, 11) is -8.88. The highest BCUT2D eigenvalue weighted by Gasteiger charge is 2.61. The maximum atomic E-state index is 15.6. The fourth-order valence-corrected chi connectivity index (χ4v) is 30.3. The van der Waals surface area contributed by atoms with Crippen LogP contribution in [0.15, 0.2) is 72.8 Å². The molecule has 17 heteroatoms. The van der Waals surface area contributed by atoms with E-state index in [0.29, 0.717) is 11.1 Å². The summed E-state index contributed by atoms with van der Waals surface area (Å²) in [5, 5.41) is 48.7. The SMILES string of the molecule is CC(C)[Si](OC1C2COC(=O)c3cc(O)c(OCc4ccccc4)c(O)c3-c3cc(c(O)c(OCc4ccccc4)c3O)C(=O)OC(O2)C(O[Si](C(C)C)(C(C)C)C(C)C)C1O[Si](C(C)C)(C(C)C)C(C)C)(C(C)C)C(C)C. The predicted octanol–water partition coefficient (Wildman–Crippen LogP) is 15.1. The van der Waals surface area contributed by atoms with E-state index in [4.69, 9.17) is 37.0 Å². The van der Waals surface area contributed by atoms with Gasteiger partial charge in [-0.3, -0.25) is 0 Å². The molecule has 0 amide bonds. The lowest BCUT2D eigenvalue weighted by Gasteiger charge is -2.56. The van der Waals surface area contributed by atoms with Crippen LogP contribution in [0.1, 0.15) is 156 Å². The Labute approximate surface area is 467 Å². The lowest BCUT2D eigenvalue weighted by atomic mass is 9.94. The minimum absolute atomic E-state index is 0.0524. The summed E-state index contributed by atoms with van der Waals surface area (Å²) in [6.45, 7) is 38.7. The summed E-state index contributed by atoms with van der Waals surface area (Å²) in [5.41, 5.74) is 0.369. The number of benzene rings is 4. The number of esters is 2. The molecule has 4 aromatic carbocycles. The highest BCUT2D eigenvalue weighted by atomic mass is 28.4. The van der Waals surface area contributed by atoms with Crippen LogP contribution in [-0.2, 0) is 40.7 Å². The second-order valence-corrected chi connectivity index (χ2v) is 40.5. The van der Waals surface area contributed by atoms with Gasteiger partial charge in [-0.1, -0.05) is 185 Å². The topological polar surface area (TPSA) is 189 Å². The first kappa shape index (κ1) is 62.3. The zero-order chi connectivity index (χ0) is 57.9. The zero-order valence-corrected chi connectivity index (χ0v) is 52.5. The molecule has 4 bridgehead atoms. The number of ether oxygens (including phenoxy) is 5. The van der Waals surface area contributed by atoms with Gasteiger partial charge in [0.2, 0.25) is 42.7 Å². The minimum atomic E-state index is -2.99. The van der Waals surface area contributed by atoms with E-state index in [1.54, 1.807) is 36.4 Å². The van der Waals surface area contributed by atoms with Crippen LogP contribution in [-0.4, -0.2) is 94.6 Å². The first-order valence-electron chi connectivity index (χ1n) is 28.2. The number of cyclic esters (lactones) is 1. The average Bonchev–Trinajstić information content (AvgIpc) is 3.43. The maximum Gasteiger partial charge on any atom is 0.344 e. The Morgan fingerprint density at radius 3 is 1.31 bits per heavy atom. The van der Waals surface area contributed by atoms with E-state index in [1.165, 1.54) is 0 Å². The lowest BCUT2D eigenvalue weighted by Crippen LogP contribution is -2.70. The number of hydrogen-bond donors (Lipinski definition) is 4. The minimum Gasteiger partial charge on any atom is -0.504 e. The highest BCUT2D eigenvalue weighted by Crippen LogP contribution is 2.55. The van der Waals surface area contributed by atoms with Crippen LogP contribution in [0.5, 0.6) is 34.5 Å². The molecule has 0 aromatic heterocycles. The Kier molecular flexibility index (Phi) is 20.2. The third kappa shape index (κ3) is 11.9. The first-order valence-corrected chi connectivity index (χ1v) is 34.6. The largest absolute Gasteiger partial charge is 0.504 e. The quantitative estimate of drug-likeness (QED) is 0.0455. The molecule has 0 saturated carbocycles. The van der Waals surface area contributed by atoms with Crippen molar-refractivity contribution >= 4 is 36.9 Å². The molecule has 2 heterocycles. The summed E-state index contributed by atoms with van der Waals surface area (Å²) in [6, 6.07) is 20.2. The van der Waals surface area contributed by atoms with Crippen molar-refractivity contribution in [2.45, 2.75) is 218 Å². The molecule has 0 spiro atoms. The Hall–Kier alpha value is -4.89. The molecule has 0 radical (unpaired) electrons. The summed E-state index contributed by atoms with van der Waals surface area (Å²) < 4.78 is 56.4. The summed E-state index contributed by atoms with van der Waals surface area (Å²) in [5.74, 6) is -6.01. The molecule has 5 unspecified atom stereocenters. The molecule has 5 atom stereocenters. The number of rotatable bonds is 21. The molecule has 6 rings (SSSR count). The molecule has 4 N–H and O–H groups in total. The molecule has 430 valence electrons. The van der Waals surface area contributed by atoms with Gasteiger partial charge >= 0.3 is 11.9 Å². The van der Waals surface area contributed by atoms with Gasteiger partial charge in [-0.15, -0.1) is 0 Å².